The van der Waals surface area contributed by atoms with Crippen LogP contribution in [0.5, 0.6) is 0 Å². The standard InChI is InChI=1S/C8H18N2O2/c1-3-4-5-12-8(11)10-6-7(2)9/h7H,3-6,9H2,1-2H3,(H,10,11). The molecule has 1 atom stereocenters. The van der Waals surface area contributed by atoms with Gasteiger partial charge in [-0.15, -0.1) is 0 Å². The molecule has 0 aliphatic carbocycles. The van der Waals surface area contributed by atoms with Gasteiger partial charge in [-0.3, -0.25) is 0 Å². The maximum atomic E-state index is 10.8. The maximum Gasteiger partial charge on any atom is 0.407 e. The average molecular weight is 174 g/mol. The van der Waals surface area contributed by atoms with E-state index in [4.69, 9.17) is 10.5 Å². The van der Waals surface area contributed by atoms with E-state index in [9.17, 15) is 4.79 Å². The minimum Gasteiger partial charge on any atom is -0.450 e. The number of hydrogen-bond donors (Lipinski definition) is 2. The van der Waals surface area contributed by atoms with Gasteiger partial charge in [0.1, 0.15) is 0 Å². The second-order valence-corrected chi connectivity index (χ2v) is 2.85. The first-order chi connectivity index (χ1) is 5.66. The van der Waals surface area contributed by atoms with Gasteiger partial charge in [-0.1, -0.05) is 13.3 Å². The average Bonchev–Trinajstić information content (AvgIpc) is 2.01. The fraction of sp³-hybridized carbons (Fsp3) is 0.875. The Morgan fingerprint density at radius 1 is 1.67 bits per heavy atom. The van der Waals surface area contributed by atoms with E-state index < -0.39 is 0 Å². The van der Waals surface area contributed by atoms with Crippen molar-refractivity contribution in [3.63, 3.8) is 0 Å². The Kier molecular flexibility index (Phi) is 6.47. The zero-order valence-electron chi connectivity index (χ0n) is 7.80. The molecule has 72 valence electrons. The van der Waals surface area contributed by atoms with Gasteiger partial charge in [-0.25, -0.2) is 4.79 Å². The van der Waals surface area contributed by atoms with Crippen molar-refractivity contribution in [3.05, 3.63) is 0 Å². The van der Waals surface area contributed by atoms with Crippen LogP contribution in [0.25, 0.3) is 0 Å². The molecule has 0 heterocycles. The molecule has 0 bridgehead atoms. The number of nitrogens with one attached hydrogen (secondary N) is 1. The molecule has 0 aliphatic heterocycles. The summed E-state index contributed by atoms with van der Waals surface area (Å²) < 4.78 is 4.83. The lowest BCUT2D eigenvalue weighted by Gasteiger charge is -2.07. The Bertz CT molecular complexity index is 126. The lowest BCUT2D eigenvalue weighted by molar-refractivity contribution is 0.144. The number of unbranched alkanes of at least 4 members (excludes halogenated alkanes) is 1. The summed E-state index contributed by atoms with van der Waals surface area (Å²) in [6, 6.07) is -0.0243. The third-order valence-electron chi connectivity index (χ3n) is 1.30. The van der Waals surface area contributed by atoms with Gasteiger partial charge in [0.2, 0.25) is 0 Å². The summed E-state index contributed by atoms with van der Waals surface area (Å²) >= 11 is 0. The monoisotopic (exact) mass is 174 g/mol. The highest BCUT2D eigenvalue weighted by atomic mass is 16.5. The van der Waals surface area contributed by atoms with E-state index in [-0.39, 0.29) is 12.1 Å². The zero-order chi connectivity index (χ0) is 9.40. The molecule has 4 heteroatoms. The number of carbonyl (C=O) groups excluding carboxylic acids is 1. The SMILES string of the molecule is CCCCOC(=O)NCC(C)N. The molecule has 0 aromatic carbocycles. The normalized spacial score (nSPS) is 12.2. The van der Waals surface area contributed by atoms with Crippen LogP contribution in [0.3, 0.4) is 0 Å². The summed E-state index contributed by atoms with van der Waals surface area (Å²) in [7, 11) is 0. The Morgan fingerprint density at radius 3 is 2.83 bits per heavy atom. The van der Waals surface area contributed by atoms with E-state index in [1.165, 1.54) is 0 Å². The van der Waals surface area contributed by atoms with Crippen LogP contribution in [-0.4, -0.2) is 25.3 Å². The van der Waals surface area contributed by atoms with Crippen molar-refractivity contribution in [2.45, 2.75) is 32.7 Å². The molecule has 3 N–H and O–H groups in total. The first-order valence-electron chi connectivity index (χ1n) is 4.33. The number of alkyl carbamates (subject to hydrolysis) is 1. The lowest BCUT2D eigenvalue weighted by atomic mass is 10.4. The topological polar surface area (TPSA) is 64.3 Å². The van der Waals surface area contributed by atoms with E-state index in [0.717, 1.165) is 12.8 Å². The molecule has 0 saturated carbocycles. The summed E-state index contributed by atoms with van der Waals surface area (Å²) in [6.07, 6.45) is 1.56. The van der Waals surface area contributed by atoms with Crippen LogP contribution in [0, 0.1) is 0 Å². The number of hydrogen-bond acceptors (Lipinski definition) is 3. The highest BCUT2D eigenvalue weighted by Gasteiger charge is 2.01. The van der Waals surface area contributed by atoms with Crippen LogP contribution < -0.4 is 11.1 Å². The number of nitrogens with two attached hydrogens (primary N) is 1. The summed E-state index contributed by atoms with van der Waals surface area (Å²) in [6.45, 7) is 4.82. The van der Waals surface area contributed by atoms with Crippen molar-refractivity contribution < 1.29 is 9.53 Å². The molecule has 0 fully saturated rings. The van der Waals surface area contributed by atoms with Gasteiger partial charge in [0, 0.05) is 12.6 Å². The van der Waals surface area contributed by atoms with Gasteiger partial charge < -0.3 is 15.8 Å². The Balaban J connectivity index is 3.22. The third-order valence-corrected chi connectivity index (χ3v) is 1.30. The van der Waals surface area contributed by atoms with Crippen LogP contribution in [0.1, 0.15) is 26.7 Å². The molecule has 0 aromatic rings. The second kappa shape index (κ2) is 6.91. The number of amides is 1. The Morgan fingerprint density at radius 2 is 2.33 bits per heavy atom. The van der Waals surface area contributed by atoms with Gasteiger partial charge in [0.15, 0.2) is 0 Å². The minimum atomic E-state index is -0.374. The highest BCUT2D eigenvalue weighted by molar-refractivity contribution is 5.67. The molecular formula is C8H18N2O2. The predicted octanol–water partition coefficient (Wildman–Crippen LogP) is 0.860. The molecule has 0 spiro atoms. The number of ether oxygens (including phenoxy) is 1. The van der Waals surface area contributed by atoms with Crippen molar-refractivity contribution in [2.24, 2.45) is 5.73 Å². The van der Waals surface area contributed by atoms with Gasteiger partial charge >= 0.3 is 6.09 Å². The summed E-state index contributed by atoms with van der Waals surface area (Å²) in [5.74, 6) is 0. The predicted molar refractivity (Wildman–Crippen MR) is 47.9 cm³/mol. The molecule has 4 nitrogen and oxygen atoms in total. The van der Waals surface area contributed by atoms with E-state index in [1.54, 1.807) is 0 Å². The number of carbonyl (C=O) groups is 1. The second-order valence-electron chi connectivity index (χ2n) is 2.85. The van der Waals surface area contributed by atoms with Crippen LogP contribution >= 0.6 is 0 Å². The molecular weight excluding hydrogens is 156 g/mol. The van der Waals surface area contributed by atoms with Crippen molar-refractivity contribution >= 4 is 6.09 Å². The van der Waals surface area contributed by atoms with Crippen LogP contribution in [0.4, 0.5) is 4.79 Å². The smallest absolute Gasteiger partial charge is 0.407 e. The molecule has 0 saturated heterocycles. The van der Waals surface area contributed by atoms with Crippen LogP contribution in [-0.2, 0) is 4.74 Å². The zero-order valence-corrected chi connectivity index (χ0v) is 7.80. The molecule has 0 radical (unpaired) electrons. The lowest BCUT2D eigenvalue weighted by Crippen LogP contribution is -2.35. The van der Waals surface area contributed by atoms with E-state index in [2.05, 4.69) is 5.32 Å². The molecule has 0 rings (SSSR count). The molecule has 0 aromatic heterocycles. The van der Waals surface area contributed by atoms with Crippen molar-refractivity contribution in [3.8, 4) is 0 Å². The molecule has 1 unspecified atom stereocenters. The van der Waals surface area contributed by atoms with Crippen LogP contribution in [0.2, 0.25) is 0 Å². The first kappa shape index (κ1) is 11.2. The van der Waals surface area contributed by atoms with Gasteiger partial charge in [-0.2, -0.15) is 0 Å². The summed E-state index contributed by atoms with van der Waals surface area (Å²) in [5.41, 5.74) is 5.43. The summed E-state index contributed by atoms with van der Waals surface area (Å²) in [4.78, 5) is 10.8. The molecule has 12 heavy (non-hydrogen) atoms. The largest absolute Gasteiger partial charge is 0.450 e. The maximum absolute atomic E-state index is 10.8. The quantitative estimate of drug-likeness (QED) is 0.607. The van der Waals surface area contributed by atoms with Gasteiger partial charge in [0.25, 0.3) is 0 Å². The van der Waals surface area contributed by atoms with Crippen LogP contribution in [0.15, 0.2) is 0 Å². The Labute approximate surface area is 73.5 Å². The van der Waals surface area contributed by atoms with Gasteiger partial charge in [0.05, 0.1) is 6.61 Å². The highest BCUT2D eigenvalue weighted by Crippen LogP contribution is 1.88. The minimum absolute atomic E-state index is 0.0243. The Hall–Kier alpha value is -0.770. The molecule has 0 aliphatic rings. The third kappa shape index (κ3) is 7.34. The molecule has 1 amide bonds. The van der Waals surface area contributed by atoms with E-state index in [0.29, 0.717) is 13.2 Å². The van der Waals surface area contributed by atoms with Crippen molar-refractivity contribution in [2.75, 3.05) is 13.2 Å². The van der Waals surface area contributed by atoms with E-state index in [1.807, 2.05) is 13.8 Å². The first-order valence-corrected chi connectivity index (χ1v) is 4.33. The van der Waals surface area contributed by atoms with Crippen molar-refractivity contribution in [1.82, 2.24) is 5.32 Å². The summed E-state index contributed by atoms with van der Waals surface area (Å²) in [5, 5.41) is 2.55. The van der Waals surface area contributed by atoms with Crippen molar-refractivity contribution in [1.29, 1.82) is 0 Å². The van der Waals surface area contributed by atoms with E-state index >= 15 is 0 Å². The van der Waals surface area contributed by atoms with Gasteiger partial charge in [-0.05, 0) is 13.3 Å². The fourth-order valence-electron chi connectivity index (χ4n) is 0.605. The fourth-order valence-corrected chi connectivity index (χ4v) is 0.605. The number of rotatable bonds is 5.